The third-order valence-corrected chi connectivity index (χ3v) is 5.31. The summed E-state index contributed by atoms with van der Waals surface area (Å²) in [7, 11) is 0. The van der Waals surface area contributed by atoms with Gasteiger partial charge in [0, 0.05) is 12.8 Å². The summed E-state index contributed by atoms with van der Waals surface area (Å²) in [4.78, 5) is 0. The Balaban J connectivity index is 1.94. The van der Waals surface area contributed by atoms with Crippen molar-refractivity contribution in [1.82, 2.24) is 0 Å². The molecule has 0 radical (unpaired) electrons. The molecule has 3 heterocycles. The molecule has 0 unspecified atom stereocenters. The maximum atomic E-state index is 13.4. The van der Waals surface area contributed by atoms with E-state index in [1.165, 1.54) is 0 Å². The maximum Gasteiger partial charge on any atom is 0.189 e. The topological polar surface area (TPSA) is 43.3 Å². The molecular formula is C20H21NO2. The fraction of sp³-hybridized carbons (Fsp3) is 0.300. The number of piperidine rings is 1. The number of hydroxylamine groups is 3. The summed E-state index contributed by atoms with van der Waals surface area (Å²) in [5.74, 6) is 0.415. The molecule has 0 aliphatic carbocycles. The van der Waals surface area contributed by atoms with E-state index in [9.17, 15) is 10.3 Å². The standard InChI is InChI=1S/C20H21NO2/c22-20(17-7-3-1-4-8-17,18-9-5-2-6-10-18)19-15-16-11-13-21(19,23)14-12-16/h1-10,15-16,22H,11-14H2. The molecule has 2 aromatic carbocycles. The van der Waals surface area contributed by atoms with Gasteiger partial charge in [-0.1, -0.05) is 60.7 Å². The fourth-order valence-corrected chi connectivity index (χ4v) is 4.01. The minimum atomic E-state index is -1.36. The van der Waals surface area contributed by atoms with Crippen LogP contribution in [0, 0.1) is 11.1 Å². The quantitative estimate of drug-likeness (QED) is 0.696. The lowest BCUT2D eigenvalue weighted by molar-refractivity contribution is -0.860. The predicted octanol–water partition coefficient (Wildman–Crippen LogP) is 3.54. The number of fused-ring (bicyclic) bond motifs is 2. The Morgan fingerprint density at radius 2 is 1.35 bits per heavy atom. The molecular weight excluding hydrogens is 286 g/mol. The molecule has 0 spiro atoms. The van der Waals surface area contributed by atoms with Crippen LogP contribution in [0.5, 0.6) is 0 Å². The Morgan fingerprint density at radius 3 is 1.78 bits per heavy atom. The lowest BCUT2D eigenvalue weighted by atomic mass is 9.77. The molecule has 0 saturated carbocycles. The van der Waals surface area contributed by atoms with Crippen molar-refractivity contribution in [3.63, 3.8) is 0 Å². The number of aliphatic hydroxyl groups is 1. The van der Waals surface area contributed by atoms with Crippen LogP contribution in [0.4, 0.5) is 0 Å². The average molecular weight is 307 g/mol. The van der Waals surface area contributed by atoms with Crippen LogP contribution in [0.25, 0.3) is 0 Å². The summed E-state index contributed by atoms with van der Waals surface area (Å²) in [6, 6.07) is 19.1. The van der Waals surface area contributed by atoms with Crippen LogP contribution in [-0.2, 0) is 5.60 Å². The Bertz CT molecular complexity index is 676. The van der Waals surface area contributed by atoms with E-state index >= 15 is 0 Å². The van der Waals surface area contributed by atoms with Crippen molar-refractivity contribution in [2.24, 2.45) is 5.92 Å². The number of hydrogen-bond donors (Lipinski definition) is 1. The lowest BCUT2D eigenvalue weighted by Crippen LogP contribution is -2.56. The van der Waals surface area contributed by atoms with Crippen LogP contribution in [0.3, 0.4) is 0 Å². The van der Waals surface area contributed by atoms with E-state index in [-0.39, 0.29) is 0 Å². The number of benzene rings is 2. The minimum absolute atomic E-state index is 0.392. The fourth-order valence-electron chi connectivity index (χ4n) is 4.01. The third-order valence-electron chi connectivity index (χ3n) is 5.31. The highest BCUT2D eigenvalue weighted by molar-refractivity contribution is 5.44. The molecule has 2 aromatic rings. The van der Waals surface area contributed by atoms with Gasteiger partial charge in [0.05, 0.1) is 13.1 Å². The number of nitrogens with zero attached hydrogens (tertiary/aromatic N) is 1. The van der Waals surface area contributed by atoms with Crippen LogP contribution < -0.4 is 0 Å². The van der Waals surface area contributed by atoms with Gasteiger partial charge in [-0.25, -0.2) is 0 Å². The zero-order valence-electron chi connectivity index (χ0n) is 13.1. The van der Waals surface area contributed by atoms with Gasteiger partial charge >= 0.3 is 0 Å². The third kappa shape index (κ3) is 2.24. The number of allylic oxidation sites excluding steroid dienone is 1. The number of quaternary nitrogens is 1. The maximum absolute atomic E-state index is 13.4. The molecule has 1 saturated heterocycles. The molecule has 3 aliphatic heterocycles. The van der Waals surface area contributed by atoms with Gasteiger partial charge in [-0.05, 0) is 23.1 Å². The van der Waals surface area contributed by atoms with Gasteiger partial charge in [0.15, 0.2) is 5.60 Å². The normalized spacial score (nSPS) is 26.9. The van der Waals surface area contributed by atoms with E-state index < -0.39 is 10.2 Å². The first-order valence-corrected chi connectivity index (χ1v) is 8.27. The zero-order valence-corrected chi connectivity index (χ0v) is 13.1. The molecule has 1 N–H and O–H groups in total. The van der Waals surface area contributed by atoms with E-state index in [2.05, 4.69) is 0 Å². The monoisotopic (exact) mass is 307 g/mol. The van der Waals surface area contributed by atoms with Crippen molar-refractivity contribution < 1.29 is 9.75 Å². The van der Waals surface area contributed by atoms with E-state index in [4.69, 9.17) is 0 Å². The largest absolute Gasteiger partial charge is 0.627 e. The van der Waals surface area contributed by atoms with Gasteiger partial charge in [0.1, 0.15) is 5.70 Å². The molecule has 3 heteroatoms. The second-order valence-electron chi connectivity index (χ2n) is 6.67. The van der Waals surface area contributed by atoms with Gasteiger partial charge in [0.25, 0.3) is 0 Å². The molecule has 118 valence electrons. The van der Waals surface area contributed by atoms with Gasteiger partial charge in [-0.15, -0.1) is 0 Å². The van der Waals surface area contributed by atoms with Gasteiger partial charge in [-0.3, -0.25) is 0 Å². The predicted molar refractivity (Wildman–Crippen MR) is 90.1 cm³/mol. The van der Waals surface area contributed by atoms with Crippen LogP contribution in [0.1, 0.15) is 24.0 Å². The second-order valence-corrected chi connectivity index (χ2v) is 6.67. The lowest BCUT2D eigenvalue weighted by Gasteiger charge is -2.55. The molecule has 0 atom stereocenters. The highest BCUT2D eigenvalue weighted by Crippen LogP contribution is 2.47. The molecule has 1 fully saturated rings. The molecule has 5 rings (SSSR count). The Hall–Kier alpha value is -1.94. The molecule has 3 nitrogen and oxygen atoms in total. The molecule has 0 amide bonds. The van der Waals surface area contributed by atoms with Crippen molar-refractivity contribution >= 4 is 0 Å². The van der Waals surface area contributed by atoms with Gasteiger partial charge < -0.3 is 15.0 Å². The Morgan fingerprint density at radius 1 is 0.870 bits per heavy atom. The molecule has 23 heavy (non-hydrogen) atoms. The van der Waals surface area contributed by atoms with Gasteiger partial charge in [-0.2, -0.15) is 0 Å². The summed E-state index contributed by atoms with van der Waals surface area (Å²) in [6.45, 7) is 1.14. The van der Waals surface area contributed by atoms with Crippen LogP contribution in [0.15, 0.2) is 72.4 Å². The Labute approximate surface area is 136 Å². The highest BCUT2D eigenvalue weighted by Gasteiger charge is 2.49. The van der Waals surface area contributed by atoms with Crippen LogP contribution in [0.2, 0.25) is 0 Å². The van der Waals surface area contributed by atoms with Crippen molar-refractivity contribution in [2.45, 2.75) is 18.4 Å². The van der Waals surface area contributed by atoms with Crippen molar-refractivity contribution in [2.75, 3.05) is 13.1 Å². The van der Waals surface area contributed by atoms with E-state index in [0.29, 0.717) is 24.7 Å². The zero-order chi connectivity index (χ0) is 15.9. The average Bonchev–Trinajstić information content (AvgIpc) is 2.63. The SMILES string of the molecule is [O-][N+]12CCC(C=C1C(O)(c1ccccc1)c1ccccc1)CC2. The van der Waals surface area contributed by atoms with Crippen molar-refractivity contribution in [3.05, 3.63) is 88.8 Å². The van der Waals surface area contributed by atoms with E-state index in [1.54, 1.807) is 0 Å². The number of hydrogen-bond acceptors (Lipinski definition) is 2. The summed E-state index contributed by atoms with van der Waals surface area (Å²) in [5.41, 5.74) is 0.762. The first-order chi connectivity index (χ1) is 11.1. The highest BCUT2D eigenvalue weighted by atomic mass is 16.5. The molecule has 3 aliphatic rings. The summed E-state index contributed by atoms with van der Waals surface area (Å²) in [6.07, 6.45) is 3.89. The van der Waals surface area contributed by atoms with E-state index in [1.807, 2.05) is 66.7 Å². The second kappa shape index (κ2) is 5.31. The Kier molecular flexibility index (Phi) is 3.38. The van der Waals surface area contributed by atoms with E-state index in [0.717, 1.165) is 24.0 Å². The molecule has 2 bridgehead atoms. The first-order valence-electron chi connectivity index (χ1n) is 8.27. The van der Waals surface area contributed by atoms with Crippen molar-refractivity contribution in [3.8, 4) is 0 Å². The summed E-state index contributed by atoms with van der Waals surface area (Å²) in [5, 5.41) is 25.1. The summed E-state index contributed by atoms with van der Waals surface area (Å²) >= 11 is 0. The minimum Gasteiger partial charge on any atom is -0.627 e. The first kappa shape index (κ1) is 14.6. The summed E-state index contributed by atoms with van der Waals surface area (Å²) < 4.78 is -0.392. The van der Waals surface area contributed by atoms with Crippen LogP contribution in [-0.4, -0.2) is 22.8 Å². The smallest absolute Gasteiger partial charge is 0.189 e. The van der Waals surface area contributed by atoms with Crippen LogP contribution >= 0.6 is 0 Å². The van der Waals surface area contributed by atoms with Gasteiger partial charge in [0.2, 0.25) is 0 Å². The van der Waals surface area contributed by atoms with Crippen molar-refractivity contribution in [1.29, 1.82) is 0 Å². The number of rotatable bonds is 3. The molecule has 0 aromatic heterocycles.